The van der Waals surface area contributed by atoms with E-state index in [2.05, 4.69) is 24.3 Å². The van der Waals surface area contributed by atoms with E-state index in [0.717, 1.165) is 18.2 Å². The first-order valence-corrected chi connectivity index (χ1v) is 8.75. The lowest BCUT2D eigenvalue weighted by atomic mass is 9.78. The van der Waals surface area contributed by atoms with Gasteiger partial charge in [0.1, 0.15) is 0 Å². The molecule has 1 saturated heterocycles. The maximum absolute atomic E-state index is 5.97. The van der Waals surface area contributed by atoms with Gasteiger partial charge in [0.05, 0.1) is 13.2 Å². The molecule has 2 fully saturated rings. The molecule has 0 radical (unpaired) electrons. The molecule has 0 atom stereocenters. The molecular formula is C19H25ClO2. The largest absolute Gasteiger partial charge is 0.352 e. The molecule has 0 spiro atoms. The van der Waals surface area contributed by atoms with Crippen LogP contribution in [0.2, 0.25) is 5.02 Å². The number of hydrogen-bond donors (Lipinski definition) is 0. The molecular weight excluding hydrogens is 296 g/mol. The lowest BCUT2D eigenvalue weighted by Crippen LogP contribution is -2.37. The van der Waals surface area contributed by atoms with Crippen molar-refractivity contribution in [2.45, 2.75) is 44.8 Å². The Bertz CT molecular complexity index is 481. The van der Waals surface area contributed by atoms with Gasteiger partial charge < -0.3 is 9.47 Å². The van der Waals surface area contributed by atoms with Crippen LogP contribution in [0.15, 0.2) is 36.4 Å². The van der Waals surface area contributed by atoms with E-state index in [1.54, 1.807) is 0 Å². The van der Waals surface area contributed by atoms with Gasteiger partial charge in [-0.25, -0.2) is 0 Å². The maximum Gasteiger partial charge on any atom is 0.160 e. The van der Waals surface area contributed by atoms with Crippen LogP contribution in [0.5, 0.6) is 0 Å². The number of benzene rings is 1. The highest BCUT2D eigenvalue weighted by Gasteiger charge is 2.32. The van der Waals surface area contributed by atoms with Crippen molar-refractivity contribution in [1.82, 2.24) is 0 Å². The number of allylic oxidation sites excluding steroid dienone is 1. The normalized spacial score (nSPS) is 33.2. The molecule has 2 nitrogen and oxygen atoms in total. The fraction of sp³-hybridized carbons (Fsp3) is 0.579. The average Bonchev–Trinajstić information content (AvgIpc) is 2.57. The van der Waals surface area contributed by atoms with Gasteiger partial charge in [0.2, 0.25) is 0 Å². The Morgan fingerprint density at radius 2 is 1.64 bits per heavy atom. The molecule has 3 heteroatoms. The summed E-state index contributed by atoms with van der Waals surface area (Å²) in [6, 6.07) is 8.33. The van der Waals surface area contributed by atoms with E-state index < -0.39 is 0 Å². The predicted octanol–water partition coefficient (Wildman–Crippen LogP) is 5.18. The molecule has 0 aromatic heterocycles. The number of halogens is 1. The van der Waals surface area contributed by atoms with Crippen LogP contribution in [0.3, 0.4) is 0 Å². The van der Waals surface area contributed by atoms with Gasteiger partial charge in [0.25, 0.3) is 0 Å². The van der Waals surface area contributed by atoms with E-state index in [0.29, 0.717) is 17.8 Å². The van der Waals surface area contributed by atoms with Crippen LogP contribution in [0, 0.1) is 11.8 Å². The van der Waals surface area contributed by atoms with Gasteiger partial charge >= 0.3 is 0 Å². The summed E-state index contributed by atoms with van der Waals surface area (Å²) in [6.45, 7) is 3.64. The van der Waals surface area contributed by atoms with Gasteiger partial charge in [-0.05, 0) is 56.2 Å². The first-order chi connectivity index (χ1) is 10.8. The fourth-order valence-electron chi connectivity index (χ4n) is 3.65. The zero-order valence-electron chi connectivity index (χ0n) is 13.2. The van der Waals surface area contributed by atoms with E-state index in [9.17, 15) is 0 Å². The molecule has 22 heavy (non-hydrogen) atoms. The second kappa shape index (κ2) is 7.63. The third kappa shape index (κ3) is 3.92. The Labute approximate surface area is 138 Å². The van der Waals surface area contributed by atoms with Crippen LogP contribution in [0.25, 0.3) is 0 Å². The lowest BCUT2D eigenvalue weighted by Gasteiger charge is -2.37. The van der Waals surface area contributed by atoms with Crippen LogP contribution in [0.1, 0.15) is 44.1 Å². The monoisotopic (exact) mass is 320 g/mol. The fourth-order valence-corrected chi connectivity index (χ4v) is 3.77. The highest BCUT2D eigenvalue weighted by molar-refractivity contribution is 6.30. The number of ether oxygens (including phenoxy) is 2. The van der Waals surface area contributed by atoms with E-state index in [1.807, 2.05) is 19.1 Å². The molecule has 2 aliphatic rings. The van der Waals surface area contributed by atoms with Crippen LogP contribution in [-0.2, 0) is 9.47 Å². The third-order valence-corrected chi connectivity index (χ3v) is 5.16. The van der Waals surface area contributed by atoms with Gasteiger partial charge in [-0.3, -0.25) is 0 Å². The third-order valence-electron chi connectivity index (χ3n) is 4.91. The number of hydrogen-bond acceptors (Lipinski definition) is 2. The van der Waals surface area contributed by atoms with Crippen LogP contribution in [-0.4, -0.2) is 19.5 Å². The Morgan fingerprint density at radius 3 is 2.23 bits per heavy atom. The molecule has 1 aromatic carbocycles. The maximum atomic E-state index is 5.97. The summed E-state index contributed by atoms with van der Waals surface area (Å²) >= 11 is 5.97. The molecule has 1 heterocycles. The van der Waals surface area contributed by atoms with E-state index in [4.69, 9.17) is 21.1 Å². The lowest BCUT2D eigenvalue weighted by molar-refractivity contribution is -0.222. The standard InChI is InChI=1S/C19H25ClO2/c1-2-3-14-12-21-19(22-13-14)17-6-4-15(5-7-17)16-8-10-18(20)11-9-16/h2-3,8-11,14-15,17,19H,4-7,12-13H2,1H3. The van der Waals surface area contributed by atoms with Gasteiger partial charge in [0, 0.05) is 16.9 Å². The van der Waals surface area contributed by atoms with Crippen molar-refractivity contribution in [1.29, 1.82) is 0 Å². The Balaban J connectivity index is 1.49. The average molecular weight is 321 g/mol. The molecule has 0 N–H and O–H groups in total. The minimum Gasteiger partial charge on any atom is -0.352 e. The quantitative estimate of drug-likeness (QED) is 0.714. The highest BCUT2D eigenvalue weighted by Crippen LogP contribution is 2.39. The van der Waals surface area contributed by atoms with Crippen LogP contribution >= 0.6 is 11.6 Å². The van der Waals surface area contributed by atoms with E-state index in [-0.39, 0.29) is 6.29 Å². The first kappa shape index (κ1) is 16.0. The summed E-state index contributed by atoms with van der Waals surface area (Å²) in [5.74, 6) is 1.63. The Morgan fingerprint density at radius 1 is 1.00 bits per heavy atom. The van der Waals surface area contributed by atoms with E-state index >= 15 is 0 Å². The van der Waals surface area contributed by atoms with Crippen molar-refractivity contribution in [3.63, 3.8) is 0 Å². The Kier molecular flexibility index (Phi) is 5.56. The minimum absolute atomic E-state index is 0.00711. The second-order valence-electron chi connectivity index (χ2n) is 6.48. The predicted molar refractivity (Wildman–Crippen MR) is 90.1 cm³/mol. The molecule has 1 aliphatic carbocycles. The highest BCUT2D eigenvalue weighted by atomic mass is 35.5. The smallest absolute Gasteiger partial charge is 0.160 e. The van der Waals surface area contributed by atoms with Gasteiger partial charge in [-0.1, -0.05) is 35.9 Å². The van der Waals surface area contributed by atoms with E-state index in [1.165, 1.54) is 31.2 Å². The zero-order valence-corrected chi connectivity index (χ0v) is 14.0. The molecule has 3 rings (SSSR count). The molecule has 1 aliphatic heterocycles. The molecule has 0 bridgehead atoms. The molecule has 1 saturated carbocycles. The molecule has 1 aromatic rings. The summed E-state index contributed by atoms with van der Waals surface area (Å²) in [4.78, 5) is 0. The summed E-state index contributed by atoms with van der Waals surface area (Å²) in [5, 5.41) is 0.817. The van der Waals surface area contributed by atoms with Gasteiger partial charge in [0.15, 0.2) is 6.29 Å². The minimum atomic E-state index is 0.00711. The van der Waals surface area contributed by atoms with Crippen molar-refractivity contribution in [2.24, 2.45) is 11.8 Å². The van der Waals surface area contributed by atoms with Crippen molar-refractivity contribution in [2.75, 3.05) is 13.2 Å². The van der Waals surface area contributed by atoms with Crippen molar-refractivity contribution >= 4 is 11.6 Å². The zero-order chi connectivity index (χ0) is 15.4. The molecule has 0 unspecified atom stereocenters. The van der Waals surface area contributed by atoms with Gasteiger partial charge in [-0.15, -0.1) is 0 Å². The second-order valence-corrected chi connectivity index (χ2v) is 6.92. The topological polar surface area (TPSA) is 18.5 Å². The number of rotatable bonds is 3. The Hall–Kier alpha value is -0.830. The first-order valence-electron chi connectivity index (χ1n) is 8.37. The van der Waals surface area contributed by atoms with Gasteiger partial charge in [-0.2, -0.15) is 0 Å². The van der Waals surface area contributed by atoms with Crippen LogP contribution in [0.4, 0.5) is 0 Å². The summed E-state index contributed by atoms with van der Waals surface area (Å²) < 4.78 is 11.9. The molecule has 0 amide bonds. The van der Waals surface area contributed by atoms with Crippen molar-refractivity contribution in [3.8, 4) is 0 Å². The van der Waals surface area contributed by atoms with Crippen molar-refractivity contribution in [3.05, 3.63) is 47.0 Å². The van der Waals surface area contributed by atoms with Crippen LogP contribution < -0.4 is 0 Å². The summed E-state index contributed by atoms with van der Waals surface area (Å²) in [6.07, 6.45) is 9.07. The summed E-state index contributed by atoms with van der Waals surface area (Å²) in [7, 11) is 0. The summed E-state index contributed by atoms with van der Waals surface area (Å²) in [5.41, 5.74) is 1.42. The SMILES string of the molecule is CC=CC1COC(C2CCC(c3ccc(Cl)cc3)CC2)OC1. The molecule has 120 valence electrons. The van der Waals surface area contributed by atoms with Crippen molar-refractivity contribution < 1.29 is 9.47 Å².